The second kappa shape index (κ2) is 14.8. The number of aryl methyl sites for hydroxylation is 2. The number of allylic oxidation sites excluding steroid dienone is 1. The largest absolute Gasteiger partial charge is 0.455 e. The first-order valence-electron chi connectivity index (χ1n) is 17.1. The molecule has 4 heterocycles. The number of aliphatic hydroxyl groups is 1. The Balaban J connectivity index is 1.52. The van der Waals surface area contributed by atoms with Gasteiger partial charge in [0, 0.05) is 30.2 Å². The molecule has 0 aliphatic carbocycles. The Morgan fingerprint density at radius 3 is 2.52 bits per heavy atom. The molecule has 2 aromatic rings. The number of cyclic esters (lactones) is 1. The molecule has 50 heavy (non-hydrogen) atoms. The smallest absolute Gasteiger partial charge is 0.313 e. The van der Waals surface area contributed by atoms with Gasteiger partial charge in [0.2, 0.25) is 11.8 Å². The average Bonchev–Trinajstić information content (AvgIpc) is 3.70. The van der Waals surface area contributed by atoms with Gasteiger partial charge in [0.1, 0.15) is 29.8 Å². The lowest BCUT2D eigenvalue weighted by molar-refractivity contribution is -0.162. The van der Waals surface area contributed by atoms with Crippen LogP contribution in [0.1, 0.15) is 49.0 Å². The van der Waals surface area contributed by atoms with Gasteiger partial charge >= 0.3 is 5.97 Å². The minimum absolute atomic E-state index is 0.0543. The third-order valence-electron chi connectivity index (χ3n) is 10.3. The molecule has 266 valence electrons. The van der Waals surface area contributed by atoms with E-state index in [1.165, 1.54) is 12.0 Å². The van der Waals surface area contributed by atoms with Crippen molar-refractivity contribution in [3.8, 4) is 0 Å². The first-order chi connectivity index (χ1) is 24.1. The van der Waals surface area contributed by atoms with Gasteiger partial charge in [0.15, 0.2) is 0 Å². The van der Waals surface area contributed by atoms with Crippen LogP contribution >= 0.6 is 15.9 Å². The zero-order chi connectivity index (χ0) is 35.7. The number of nitrogens with one attached hydrogen (secondary N) is 1. The number of anilines is 1. The molecule has 1 spiro atoms. The summed E-state index contributed by atoms with van der Waals surface area (Å²) in [6.45, 7) is 5.53. The lowest BCUT2D eigenvalue weighted by atomic mass is 9.74. The van der Waals surface area contributed by atoms with Crippen molar-refractivity contribution < 1.29 is 38.5 Å². The number of hydrogen-bond acceptors (Lipinski definition) is 8. The van der Waals surface area contributed by atoms with E-state index in [4.69, 9.17) is 14.2 Å². The van der Waals surface area contributed by atoms with Crippen LogP contribution in [0.15, 0.2) is 71.2 Å². The quantitative estimate of drug-likeness (QED) is 0.320. The van der Waals surface area contributed by atoms with Crippen molar-refractivity contribution in [2.45, 2.75) is 76.0 Å². The maximum atomic E-state index is 15.2. The van der Waals surface area contributed by atoms with Crippen LogP contribution in [0.2, 0.25) is 0 Å². The van der Waals surface area contributed by atoms with Crippen molar-refractivity contribution in [1.82, 2.24) is 10.2 Å². The maximum absolute atomic E-state index is 15.2. The van der Waals surface area contributed by atoms with Gasteiger partial charge in [-0.25, -0.2) is 0 Å². The predicted octanol–water partition coefficient (Wildman–Crippen LogP) is 4.05. The number of ether oxygens (including phenoxy) is 3. The number of aliphatic hydroxyl groups excluding tert-OH is 1. The third kappa shape index (κ3) is 6.31. The van der Waals surface area contributed by atoms with E-state index in [9.17, 15) is 19.5 Å². The highest BCUT2D eigenvalue weighted by molar-refractivity contribution is 9.11. The van der Waals surface area contributed by atoms with Crippen LogP contribution in [-0.2, 0) is 33.4 Å². The van der Waals surface area contributed by atoms with Gasteiger partial charge in [-0.1, -0.05) is 77.5 Å². The van der Waals surface area contributed by atoms with Crippen molar-refractivity contribution in [2.75, 3.05) is 31.8 Å². The van der Waals surface area contributed by atoms with E-state index in [0.29, 0.717) is 28.6 Å². The summed E-state index contributed by atoms with van der Waals surface area (Å²) < 4.78 is 19.0. The molecular weight excluding hydrogens is 706 g/mol. The highest BCUT2D eigenvalue weighted by Gasteiger charge is 2.75. The van der Waals surface area contributed by atoms with Crippen molar-refractivity contribution in [2.24, 2.45) is 11.8 Å². The number of methoxy groups -OCH3 is 1. The number of carbonyl (C=O) groups is 4. The van der Waals surface area contributed by atoms with Gasteiger partial charge < -0.3 is 34.4 Å². The summed E-state index contributed by atoms with van der Waals surface area (Å²) in [7, 11) is 1.51. The van der Waals surface area contributed by atoms with Crippen LogP contribution in [0, 0.1) is 25.7 Å². The summed E-state index contributed by atoms with van der Waals surface area (Å²) in [5, 5.41) is 13.6. The summed E-state index contributed by atoms with van der Waals surface area (Å²) in [4.78, 5) is 60.8. The summed E-state index contributed by atoms with van der Waals surface area (Å²) in [5.74, 6) is -4.04. The number of likely N-dealkylation sites (tertiary alicyclic amines) is 1. The number of amides is 3. The molecule has 12 heteroatoms. The minimum Gasteiger partial charge on any atom is -0.455 e. The molecule has 0 aromatic heterocycles. The fourth-order valence-corrected chi connectivity index (χ4v) is 8.62. The van der Waals surface area contributed by atoms with E-state index in [1.807, 2.05) is 69.3 Å². The second-order valence-corrected chi connectivity index (χ2v) is 14.4. The van der Waals surface area contributed by atoms with Crippen LogP contribution < -0.4 is 10.2 Å². The van der Waals surface area contributed by atoms with E-state index in [1.54, 1.807) is 23.1 Å². The molecule has 2 fully saturated rings. The van der Waals surface area contributed by atoms with E-state index >= 15 is 4.79 Å². The van der Waals surface area contributed by atoms with Crippen molar-refractivity contribution in [3.05, 3.63) is 87.9 Å². The highest BCUT2D eigenvalue weighted by atomic mass is 79.9. The van der Waals surface area contributed by atoms with E-state index < -0.39 is 65.6 Å². The number of halogens is 1. The molecule has 5 bridgehead atoms. The SMILES string of the molecule is CC[C@@H](CO)N1C(=O)[C@H]2[C@@H]3C(=O)O[C@H](c4ccccc4)[C@@H](COC)NC(=O)CC/C=C\CN(c4cc(C)ccc4C)C(=O)[C@H]1[C@@]21C=C(Br)[C@@H]3O1. The molecule has 11 nitrogen and oxygen atoms in total. The standard InChI is InChI=1S/C38H44BrN3O8/c1-5-25(20-43)42-34-36(46)41(28-18-22(2)15-16-23(28)3)17-11-7-10-14-29(44)40-27(21-48-4)32(24-12-8-6-9-13-24)49-37(47)30-31(35(42)45)38(34)19-26(39)33(30)50-38/h6-9,11-13,15-16,18-19,25,27,30-34,43H,5,10,14,17,20-21H2,1-4H3,(H,40,44)/b11-7-/t25-,27+,30-,31+,32+,33-,34-,38+/m0/s1. The monoisotopic (exact) mass is 749 g/mol. The normalized spacial score (nSPS) is 31.3. The number of esters is 1. The van der Waals surface area contributed by atoms with Gasteiger partial charge in [0.25, 0.3) is 5.91 Å². The number of carbonyl (C=O) groups excluding carboxylic acids is 4. The zero-order valence-corrected chi connectivity index (χ0v) is 30.3. The Morgan fingerprint density at radius 1 is 1.06 bits per heavy atom. The molecule has 0 unspecified atom stereocenters. The van der Waals surface area contributed by atoms with Crippen molar-refractivity contribution >= 4 is 45.3 Å². The molecule has 2 N–H and O–H groups in total. The lowest BCUT2D eigenvalue weighted by Crippen LogP contribution is -2.58. The van der Waals surface area contributed by atoms with Gasteiger partial charge in [-0.2, -0.15) is 0 Å². The molecule has 2 saturated heterocycles. The van der Waals surface area contributed by atoms with Gasteiger partial charge in [-0.3, -0.25) is 19.2 Å². The van der Waals surface area contributed by atoms with Gasteiger partial charge in [-0.05, 0) is 55.5 Å². The maximum Gasteiger partial charge on any atom is 0.313 e. The Bertz CT molecular complexity index is 1690. The first kappa shape index (κ1) is 36.0. The van der Waals surface area contributed by atoms with E-state index in [0.717, 1.165) is 11.1 Å². The van der Waals surface area contributed by atoms with Crippen LogP contribution in [0.25, 0.3) is 0 Å². The highest BCUT2D eigenvalue weighted by Crippen LogP contribution is 2.59. The summed E-state index contributed by atoms with van der Waals surface area (Å²) in [6, 6.07) is 12.3. The molecule has 4 aliphatic rings. The average molecular weight is 751 g/mol. The minimum atomic E-state index is -1.51. The van der Waals surface area contributed by atoms with E-state index in [2.05, 4.69) is 21.2 Å². The molecule has 0 saturated carbocycles. The fraction of sp³-hybridized carbons (Fsp3) is 0.474. The Morgan fingerprint density at radius 2 is 1.82 bits per heavy atom. The van der Waals surface area contributed by atoms with Crippen molar-refractivity contribution in [3.63, 3.8) is 0 Å². The predicted molar refractivity (Wildman–Crippen MR) is 189 cm³/mol. The van der Waals surface area contributed by atoms with Crippen LogP contribution in [0.3, 0.4) is 0 Å². The van der Waals surface area contributed by atoms with Crippen LogP contribution in [0.5, 0.6) is 0 Å². The Hall–Kier alpha value is -3.84. The molecule has 0 radical (unpaired) electrons. The van der Waals surface area contributed by atoms with Gasteiger partial charge in [-0.15, -0.1) is 0 Å². The second-order valence-electron chi connectivity index (χ2n) is 13.5. The molecule has 6 rings (SSSR count). The Labute approximate surface area is 300 Å². The number of hydrogen-bond donors (Lipinski definition) is 2. The fourth-order valence-electron chi connectivity index (χ4n) is 7.88. The summed E-state index contributed by atoms with van der Waals surface area (Å²) >= 11 is 3.61. The van der Waals surface area contributed by atoms with Crippen LogP contribution in [0.4, 0.5) is 5.69 Å². The molecule has 4 aliphatic heterocycles. The lowest BCUT2D eigenvalue weighted by Gasteiger charge is -2.38. The summed E-state index contributed by atoms with van der Waals surface area (Å²) in [6.07, 6.45) is 4.53. The number of fused-ring (bicyclic) bond motifs is 2. The number of nitrogens with zero attached hydrogens (tertiary/aromatic N) is 2. The third-order valence-corrected chi connectivity index (χ3v) is 11.0. The number of rotatable bonds is 7. The first-order valence-corrected chi connectivity index (χ1v) is 17.9. The van der Waals surface area contributed by atoms with Crippen molar-refractivity contribution in [1.29, 1.82) is 0 Å². The zero-order valence-electron chi connectivity index (χ0n) is 28.7. The topological polar surface area (TPSA) is 135 Å². The Kier molecular flexibility index (Phi) is 10.6. The van der Waals surface area contributed by atoms with Crippen LogP contribution in [-0.4, -0.2) is 90.4 Å². The number of benzene rings is 2. The summed E-state index contributed by atoms with van der Waals surface area (Å²) in [5.41, 5.74) is 1.59. The molecule has 2 aromatic carbocycles. The molecule has 3 amide bonds. The molecule has 8 atom stereocenters. The molecular formula is C38H44BrN3O8. The van der Waals surface area contributed by atoms with Gasteiger partial charge in [0.05, 0.1) is 31.2 Å². The van der Waals surface area contributed by atoms with E-state index in [-0.39, 0.29) is 32.1 Å².